The predicted octanol–water partition coefficient (Wildman–Crippen LogP) is 1.45. The molecule has 5 heterocycles. The number of cyclic esters (lactones) is 1. The number of piperidine rings is 1. The number of aromatic nitrogens is 5. The van der Waals surface area contributed by atoms with Gasteiger partial charge in [-0.1, -0.05) is 6.07 Å². The predicted molar refractivity (Wildman–Crippen MR) is 126 cm³/mol. The zero-order chi connectivity index (χ0) is 24.9. The minimum Gasteiger partial charge on any atom is -0.457 e. The summed E-state index contributed by atoms with van der Waals surface area (Å²) in [5.74, 6) is 0.254. The number of carbonyl (C=O) groups is 2. The molecule has 11 nitrogen and oxygen atoms in total. The number of tetrazole rings is 1. The number of carbonyl (C=O) groups excluding carboxylic acids is 2. The number of benzene rings is 1. The summed E-state index contributed by atoms with van der Waals surface area (Å²) in [5.41, 5.74) is 3.66. The fraction of sp³-hybridized carbons (Fsp3) is 0.440. The molecule has 0 bridgehead atoms. The molecule has 2 fully saturated rings. The van der Waals surface area contributed by atoms with Crippen LogP contribution in [-0.2, 0) is 11.3 Å². The number of likely N-dealkylation sites (tertiary alicyclic amines) is 2. The van der Waals surface area contributed by atoms with Crippen molar-refractivity contribution in [3.8, 4) is 5.82 Å². The van der Waals surface area contributed by atoms with E-state index in [-0.39, 0.29) is 24.0 Å². The Morgan fingerprint density at radius 3 is 2.64 bits per heavy atom. The third-order valence-corrected chi connectivity index (χ3v) is 7.98. The minimum atomic E-state index is -0.649. The standard InChI is InChI=1S/C25H27N7O4/c1-16-18(3-4-19-20(16)14-36-24(19)35)21(33)13-30-9-6-25(7-10-30)8-11-31(25)23(34)17-2-5-22(26-12-17)32-15-27-28-29-32/h2-5,12,15,21,33H,6-11,13-14H2,1H3/t21-/m0/s1. The number of aliphatic hydroxyl groups excluding tert-OH is 1. The molecule has 1 atom stereocenters. The average molecular weight is 490 g/mol. The van der Waals surface area contributed by atoms with Crippen molar-refractivity contribution in [3.05, 3.63) is 64.6 Å². The Balaban J connectivity index is 1.08. The third kappa shape index (κ3) is 3.75. The molecule has 2 saturated heterocycles. The van der Waals surface area contributed by atoms with E-state index in [0.717, 1.165) is 55.6 Å². The maximum atomic E-state index is 13.2. The Morgan fingerprint density at radius 2 is 1.97 bits per heavy atom. The van der Waals surface area contributed by atoms with Gasteiger partial charge in [-0.25, -0.2) is 9.78 Å². The van der Waals surface area contributed by atoms with Crippen molar-refractivity contribution in [3.63, 3.8) is 0 Å². The van der Waals surface area contributed by atoms with Gasteiger partial charge in [-0.15, -0.1) is 5.10 Å². The summed E-state index contributed by atoms with van der Waals surface area (Å²) in [7, 11) is 0. The minimum absolute atomic E-state index is 0.00367. The van der Waals surface area contributed by atoms with E-state index in [9.17, 15) is 14.7 Å². The maximum absolute atomic E-state index is 13.2. The summed E-state index contributed by atoms with van der Waals surface area (Å²) in [5, 5.41) is 22.0. The Kier molecular flexibility index (Phi) is 5.53. The molecule has 3 aromatic rings. The molecule has 11 heteroatoms. The topological polar surface area (TPSA) is 127 Å². The lowest BCUT2D eigenvalue weighted by Gasteiger charge is -2.56. The molecule has 3 aliphatic heterocycles. The monoisotopic (exact) mass is 489 g/mol. The molecule has 1 aromatic carbocycles. The SMILES string of the molecule is Cc1c([C@@H](O)CN2CCC3(CC2)CCN3C(=O)c2ccc(-n3cnnn3)nc2)ccc2c1COC2=O. The van der Waals surface area contributed by atoms with Crippen molar-refractivity contribution in [1.29, 1.82) is 0 Å². The van der Waals surface area contributed by atoms with E-state index < -0.39 is 6.10 Å². The first-order valence-electron chi connectivity index (χ1n) is 12.2. The lowest BCUT2D eigenvalue weighted by molar-refractivity contribution is -0.0440. The van der Waals surface area contributed by atoms with Crippen molar-refractivity contribution in [2.24, 2.45) is 0 Å². The zero-order valence-corrected chi connectivity index (χ0v) is 20.0. The van der Waals surface area contributed by atoms with Gasteiger partial charge in [0.15, 0.2) is 5.82 Å². The van der Waals surface area contributed by atoms with Crippen molar-refractivity contribution >= 4 is 11.9 Å². The van der Waals surface area contributed by atoms with Gasteiger partial charge in [0.05, 0.1) is 17.2 Å². The Bertz CT molecular complexity index is 1300. The van der Waals surface area contributed by atoms with Crippen LogP contribution < -0.4 is 0 Å². The number of ether oxygens (including phenoxy) is 1. The molecule has 1 spiro atoms. The summed E-state index contributed by atoms with van der Waals surface area (Å²) in [6.07, 6.45) is 5.11. The second-order valence-electron chi connectivity index (χ2n) is 9.79. The molecule has 0 saturated carbocycles. The van der Waals surface area contributed by atoms with Crippen LogP contribution in [0.2, 0.25) is 0 Å². The zero-order valence-electron chi connectivity index (χ0n) is 20.0. The van der Waals surface area contributed by atoms with Crippen LogP contribution in [-0.4, -0.2) is 83.7 Å². The Labute approximate surface area is 207 Å². The van der Waals surface area contributed by atoms with Gasteiger partial charge in [0.2, 0.25) is 0 Å². The molecule has 0 aliphatic carbocycles. The molecule has 2 aromatic heterocycles. The highest BCUT2D eigenvalue weighted by Gasteiger charge is 2.49. The van der Waals surface area contributed by atoms with Crippen LogP contribution in [0, 0.1) is 6.92 Å². The average Bonchev–Trinajstić information content (AvgIpc) is 3.55. The third-order valence-electron chi connectivity index (χ3n) is 7.98. The fourth-order valence-corrected chi connectivity index (χ4v) is 5.67. The van der Waals surface area contributed by atoms with E-state index in [1.807, 2.05) is 17.9 Å². The number of nitrogens with zero attached hydrogens (tertiary/aromatic N) is 7. The summed E-state index contributed by atoms with van der Waals surface area (Å²) in [4.78, 5) is 33.6. The number of rotatable bonds is 5. The van der Waals surface area contributed by atoms with Crippen molar-refractivity contribution < 1.29 is 19.4 Å². The van der Waals surface area contributed by atoms with Crippen LogP contribution in [0.15, 0.2) is 36.8 Å². The van der Waals surface area contributed by atoms with Gasteiger partial charge in [-0.3, -0.25) is 4.79 Å². The van der Waals surface area contributed by atoms with Crippen molar-refractivity contribution in [1.82, 2.24) is 35.0 Å². The number of esters is 1. The van der Waals surface area contributed by atoms with E-state index in [2.05, 4.69) is 25.4 Å². The highest BCUT2D eigenvalue weighted by Crippen LogP contribution is 2.41. The van der Waals surface area contributed by atoms with Gasteiger partial charge in [0.1, 0.15) is 12.9 Å². The molecule has 1 N–H and O–H groups in total. The summed E-state index contributed by atoms with van der Waals surface area (Å²) < 4.78 is 6.58. The molecular weight excluding hydrogens is 462 g/mol. The van der Waals surface area contributed by atoms with Gasteiger partial charge in [0, 0.05) is 43.5 Å². The van der Waals surface area contributed by atoms with E-state index in [1.165, 1.54) is 11.0 Å². The van der Waals surface area contributed by atoms with Crippen LogP contribution in [0.1, 0.15) is 62.8 Å². The quantitative estimate of drug-likeness (QED) is 0.530. The second kappa shape index (κ2) is 8.75. The molecular formula is C25H27N7O4. The van der Waals surface area contributed by atoms with Crippen LogP contribution in [0.3, 0.4) is 0 Å². The summed E-state index contributed by atoms with van der Waals surface area (Å²) >= 11 is 0. The smallest absolute Gasteiger partial charge is 0.338 e. The number of hydrogen-bond acceptors (Lipinski definition) is 9. The van der Waals surface area contributed by atoms with E-state index in [4.69, 9.17) is 4.74 Å². The number of aliphatic hydroxyl groups is 1. The molecule has 6 rings (SSSR count). The van der Waals surface area contributed by atoms with Crippen LogP contribution >= 0.6 is 0 Å². The van der Waals surface area contributed by atoms with Crippen molar-refractivity contribution in [2.45, 2.75) is 44.4 Å². The molecule has 186 valence electrons. The molecule has 36 heavy (non-hydrogen) atoms. The van der Waals surface area contributed by atoms with Crippen LogP contribution in [0.5, 0.6) is 0 Å². The van der Waals surface area contributed by atoms with Crippen LogP contribution in [0.4, 0.5) is 0 Å². The Hall–Kier alpha value is -3.70. The lowest BCUT2D eigenvalue weighted by atomic mass is 9.76. The molecule has 1 amide bonds. The van der Waals surface area contributed by atoms with E-state index in [0.29, 0.717) is 23.5 Å². The second-order valence-corrected chi connectivity index (χ2v) is 9.79. The van der Waals surface area contributed by atoms with Gasteiger partial charge >= 0.3 is 5.97 Å². The van der Waals surface area contributed by atoms with Gasteiger partial charge < -0.3 is 19.6 Å². The maximum Gasteiger partial charge on any atom is 0.338 e. The number of β-amino-alcohol motifs (C(OH)–C–C–N with tert-alkyl or cyclic N) is 1. The first-order chi connectivity index (χ1) is 17.4. The van der Waals surface area contributed by atoms with Gasteiger partial charge in [-0.05, 0) is 65.9 Å². The van der Waals surface area contributed by atoms with Gasteiger partial charge in [-0.2, -0.15) is 4.68 Å². The highest BCUT2D eigenvalue weighted by molar-refractivity contribution is 5.95. The van der Waals surface area contributed by atoms with Gasteiger partial charge in [0.25, 0.3) is 5.91 Å². The van der Waals surface area contributed by atoms with Crippen molar-refractivity contribution in [2.75, 3.05) is 26.2 Å². The molecule has 0 radical (unpaired) electrons. The van der Waals surface area contributed by atoms with E-state index >= 15 is 0 Å². The van der Waals surface area contributed by atoms with Crippen LogP contribution in [0.25, 0.3) is 5.82 Å². The number of amides is 1. The highest BCUT2D eigenvalue weighted by atomic mass is 16.5. The summed E-state index contributed by atoms with van der Waals surface area (Å²) in [6, 6.07) is 7.09. The normalized spacial score (nSPS) is 19.6. The summed E-state index contributed by atoms with van der Waals surface area (Å²) in [6.45, 7) is 5.08. The number of hydrogen-bond donors (Lipinski definition) is 1. The molecule has 3 aliphatic rings. The number of fused-ring (bicyclic) bond motifs is 1. The van der Waals surface area contributed by atoms with E-state index in [1.54, 1.807) is 24.4 Å². The Morgan fingerprint density at radius 1 is 1.17 bits per heavy atom. The fourth-order valence-electron chi connectivity index (χ4n) is 5.67. The first-order valence-corrected chi connectivity index (χ1v) is 12.2. The molecule has 0 unspecified atom stereocenters. The number of pyridine rings is 1. The first kappa shape index (κ1) is 22.7. The largest absolute Gasteiger partial charge is 0.457 e. The lowest BCUT2D eigenvalue weighted by Crippen LogP contribution is -2.65.